The molecule has 1 aromatic carbocycles. The number of benzene rings is 1. The van der Waals surface area contributed by atoms with Gasteiger partial charge >= 0.3 is 0 Å². The smallest absolute Gasteiger partial charge is 0.243 e. The molecule has 0 aromatic heterocycles. The van der Waals surface area contributed by atoms with Crippen molar-refractivity contribution in [3.8, 4) is 0 Å². The van der Waals surface area contributed by atoms with Gasteiger partial charge in [0.2, 0.25) is 26.0 Å². The van der Waals surface area contributed by atoms with Gasteiger partial charge in [-0.2, -0.15) is 8.61 Å². The van der Waals surface area contributed by atoms with Crippen molar-refractivity contribution in [1.82, 2.24) is 8.61 Å². The number of hydrogen-bond acceptors (Lipinski definition) is 5. The van der Waals surface area contributed by atoms with Crippen LogP contribution in [0.5, 0.6) is 0 Å². The molecule has 158 valence electrons. The molecule has 1 N–H and O–H groups in total. The van der Waals surface area contributed by atoms with E-state index >= 15 is 0 Å². The zero-order valence-electron chi connectivity index (χ0n) is 16.2. The number of piperidine rings is 1. The minimum atomic E-state index is -3.72. The average molecular weight is 452 g/mol. The van der Waals surface area contributed by atoms with Gasteiger partial charge in [0.25, 0.3) is 0 Å². The van der Waals surface area contributed by atoms with E-state index in [9.17, 15) is 21.6 Å². The van der Waals surface area contributed by atoms with E-state index in [4.69, 9.17) is 11.6 Å². The molecule has 1 aliphatic rings. The fourth-order valence-corrected chi connectivity index (χ4v) is 6.03. The Hall–Kier alpha value is -1.20. The Morgan fingerprint density at radius 3 is 2.43 bits per heavy atom. The van der Waals surface area contributed by atoms with Crippen molar-refractivity contribution in [3.63, 3.8) is 0 Å². The fourth-order valence-electron chi connectivity index (χ4n) is 3.25. The van der Waals surface area contributed by atoms with Crippen LogP contribution in [0.25, 0.3) is 0 Å². The summed E-state index contributed by atoms with van der Waals surface area (Å²) in [5.41, 5.74) is 0.138. The van der Waals surface area contributed by atoms with E-state index in [0.717, 1.165) is 12.7 Å². The molecule has 1 aliphatic heterocycles. The molecular formula is C17H26ClN3O5S2. The molecular weight excluding hydrogens is 426 g/mol. The van der Waals surface area contributed by atoms with Crippen LogP contribution in [0.1, 0.15) is 33.1 Å². The minimum Gasteiger partial charge on any atom is -0.323 e. The summed E-state index contributed by atoms with van der Waals surface area (Å²) in [5, 5.41) is 2.78. The molecule has 1 saturated heterocycles. The third-order valence-electron chi connectivity index (χ3n) is 4.72. The molecule has 1 atom stereocenters. The molecule has 1 heterocycles. The third kappa shape index (κ3) is 5.04. The van der Waals surface area contributed by atoms with E-state index in [1.807, 2.05) is 0 Å². The summed E-state index contributed by atoms with van der Waals surface area (Å²) in [7, 11) is -7.25. The summed E-state index contributed by atoms with van der Waals surface area (Å²) in [6, 6.07) is 3.25. The molecule has 0 bridgehead atoms. The van der Waals surface area contributed by atoms with Crippen molar-refractivity contribution in [3.05, 3.63) is 23.2 Å². The molecule has 28 heavy (non-hydrogen) atoms. The average Bonchev–Trinajstić information content (AvgIpc) is 2.63. The highest BCUT2D eigenvalue weighted by atomic mass is 35.5. The quantitative estimate of drug-likeness (QED) is 0.683. The maximum Gasteiger partial charge on any atom is 0.243 e. The summed E-state index contributed by atoms with van der Waals surface area (Å²) >= 11 is 6.15. The number of carbonyl (C=O) groups is 1. The first kappa shape index (κ1) is 23.1. The number of rotatable bonds is 7. The second-order valence-corrected chi connectivity index (χ2v) is 10.9. The monoisotopic (exact) mass is 451 g/mol. The molecule has 8 nitrogen and oxygen atoms in total. The summed E-state index contributed by atoms with van der Waals surface area (Å²) in [6.45, 7) is 4.38. The van der Waals surface area contributed by atoms with Gasteiger partial charge in [0.1, 0.15) is 6.04 Å². The van der Waals surface area contributed by atoms with Crippen molar-refractivity contribution >= 4 is 43.2 Å². The predicted octanol–water partition coefficient (Wildman–Crippen LogP) is 2.12. The van der Waals surface area contributed by atoms with Crippen LogP contribution in [0, 0.1) is 0 Å². The zero-order chi connectivity index (χ0) is 21.1. The highest BCUT2D eigenvalue weighted by Crippen LogP contribution is 2.28. The van der Waals surface area contributed by atoms with Crippen LogP contribution in [0.3, 0.4) is 0 Å². The van der Waals surface area contributed by atoms with Gasteiger partial charge in [-0.05, 0) is 31.0 Å². The van der Waals surface area contributed by atoms with Crippen LogP contribution in [-0.4, -0.2) is 63.3 Å². The van der Waals surface area contributed by atoms with Crippen LogP contribution in [0.4, 0.5) is 5.69 Å². The normalized spacial score (nSPS) is 19.0. The standard InChI is InChI=1S/C17H26ClN3O5S2/c1-4-20(5-2)28(25,26)13-9-10-14(18)15(12-13)19-17(22)16-8-6-7-11-21(16)27(3,23)24/h9-10,12,16H,4-8,11H2,1-3H3,(H,19,22). The first-order chi connectivity index (χ1) is 13.0. The van der Waals surface area contributed by atoms with E-state index < -0.39 is 32.0 Å². The van der Waals surface area contributed by atoms with Gasteiger partial charge in [-0.1, -0.05) is 31.9 Å². The SMILES string of the molecule is CCN(CC)S(=O)(=O)c1ccc(Cl)c(NC(=O)C2CCCCN2S(C)(=O)=O)c1. The maximum atomic E-state index is 12.7. The van der Waals surface area contributed by atoms with Crippen molar-refractivity contribution in [1.29, 1.82) is 0 Å². The second kappa shape index (κ2) is 9.08. The molecule has 1 unspecified atom stereocenters. The number of carbonyl (C=O) groups excluding carboxylic acids is 1. The first-order valence-electron chi connectivity index (χ1n) is 9.09. The lowest BCUT2D eigenvalue weighted by Crippen LogP contribution is -2.49. The number of halogens is 1. The van der Waals surface area contributed by atoms with Gasteiger partial charge in [-0.3, -0.25) is 4.79 Å². The number of nitrogens with one attached hydrogen (secondary N) is 1. The van der Waals surface area contributed by atoms with Crippen molar-refractivity contribution in [2.75, 3.05) is 31.2 Å². The van der Waals surface area contributed by atoms with E-state index in [-0.39, 0.29) is 22.2 Å². The molecule has 1 fully saturated rings. The first-order valence-corrected chi connectivity index (χ1v) is 12.8. The van der Waals surface area contributed by atoms with Gasteiger partial charge in [-0.25, -0.2) is 16.8 Å². The molecule has 0 radical (unpaired) electrons. The van der Waals surface area contributed by atoms with Gasteiger partial charge in [0, 0.05) is 19.6 Å². The molecule has 0 aliphatic carbocycles. The Labute approximate surface area is 171 Å². The number of hydrogen-bond donors (Lipinski definition) is 1. The van der Waals surface area contributed by atoms with Gasteiger partial charge in [-0.15, -0.1) is 0 Å². The van der Waals surface area contributed by atoms with Crippen LogP contribution in [0.2, 0.25) is 5.02 Å². The van der Waals surface area contributed by atoms with E-state index in [2.05, 4.69) is 5.32 Å². The Balaban J connectivity index is 2.32. The fraction of sp³-hybridized carbons (Fsp3) is 0.588. The molecule has 11 heteroatoms. The van der Waals surface area contributed by atoms with Gasteiger partial charge in [0.15, 0.2) is 0 Å². The molecule has 1 amide bonds. The van der Waals surface area contributed by atoms with E-state index in [0.29, 0.717) is 25.9 Å². The van der Waals surface area contributed by atoms with Crippen molar-refractivity contribution < 1.29 is 21.6 Å². The van der Waals surface area contributed by atoms with Crippen LogP contribution < -0.4 is 5.32 Å². The van der Waals surface area contributed by atoms with Gasteiger partial charge in [0.05, 0.1) is 21.9 Å². The number of nitrogens with zero attached hydrogens (tertiary/aromatic N) is 2. The Morgan fingerprint density at radius 2 is 1.86 bits per heavy atom. The third-order valence-corrected chi connectivity index (χ3v) is 8.39. The van der Waals surface area contributed by atoms with Crippen molar-refractivity contribution in [2.24, 2.45) is 0 Å². The molecule has 1 aromatic rings. The molecule has 0 saturated carbocycles. The second-order valence-electron chi connectivity index (χ2n) is 6.61. The largest absolute Gasteiger partial charge is 0.323 e. The van der Waals surface area contributed by atoms with Crippen LogP contribution in [0.15, 0.2) is 23.1 Å². The predicted molar refractivity (Wildman–Crippen MR) is 109 cm³/mol. The Morgan fingerprint density at radius 1 is 1.21 bits per heavy atom. The van der Waals surface area contributed by atoms with Crippen LogP contribution >= 0.6 is 11.6 Å². The summed E-state index contributed by atoms with van der Waals surface area (Å²) < 4.78 is 51.9. The van der Waals surface area contributed by atoms with Crippen LogP contribution in [-0.2, 0) is 24.8 Å². The lowest BCUT2D eigenvalue weighted by Gasteiger charge is -2.32. The summed E-state index contributed by atoms with van der Waals surface area (Å²) in [5.74, 6) is -0.524. The molecule has 2 rings (SSSR count). The number of anilines is 1. The number of amides is 1. The Kier molecular flexibility index (Phi) is 7.49. The lowest BCUT2D eigenvalue weighted by molar-refractivity contribution is -0.120. The summed E-state index contributed by atoms with van der Waals surface area (Å²) in [4.78, 5) is 12.8. The summed E-state index contributed by atoms with van der Waals surface area (Å²) in [6.07, 6.45) is 2.89. The Bertz CT molecular complexity index is 930. The van der Waals surface area contributed by atoms with Gasteiger partial charge < -0.3 is 5.32 Å². The number of sulfonamides is 2. The lowest BCUT2D eigenvalue weighted by atomic mass is 10.0. The van der Waals surface area contributed by atoms with E-state index in [1.165, 1.54) is 26.8 Å². The van der Waals surface area contributed by atoms with E-state index in [1.54, 1.807) is 13.8 Å². The highest BCUT2D eigenvalue weighted by molar-refractivity contribution is 7.89. The molecule has 0 spiro atoms. The highest BCUT2D eigenvalue weighted by Gasteiger charge is 2.34. The maximum absolute atomic E-state index is 12.7. The minimum absolute atomic E-state index is 0.0134. The zero-order valence-corrected chi connectivity index (χ0v) is 18.6. The topological polar surface area (TPSA) is 104 Å². The van der Waals surface area contributed by atoms with Crippen molar-refractivity contribution in [2.45, 2.75) is 44.0 Å².